The summed E-state index contributed by atoms with van der Waals surface area (Å²) in [6, 6.07) is 8.48. The molecule has 0 spiro atoms. The molecule has 1 aliphatic rings. The molecule has 0 radical (unpaired) electrons. The van der Waals surface area contributed by atoms with Crippen LogP contribution in [0.3, 0.4) is 0 Å². The molecular formula is C15H21ClO. The number of rotatable bonds is 4. The van der Waals surface area contributed by atoms with Gasteiger partial charge in [-0.15, -0.1) is 11.6 Å². The van der Waals surface area contributed by atoms with Gasteiger partial charge in [0, 0.05) is 5.88 Å². The first-order chi connectivity index (χ1) is 8.31. The fourth-order valence-corrected chi connectivity index (χ4v) is 2.90. The van der Waals surface area contributed by atoms with Crippen LogP contribution in [-0.4, -0.2) is 11.0 Å². The smallest absolute Gasteiger partial charge is 0.0801 e. The van der Waals surface area contributed by atoms with Crippen molar-refractivity contribution in [2.24, 2.45) is 0 Å². The minimum Gasteiger partial charge on any atom is -0.388 e. The number of benzene rings is 1. The summed E-state index contributed by atoms with van der Waals surface area (Å²) in [6.45, 7) is 0. The Kier molecular flexibility index (Phi) is 4.87. The van der Waals surface area contributed by atoms with Crippen molar-refractivity contribution in [2.75, 3.05) is 5.88 Å². The number of halogens is 1. The highest BCUT2D eigenvalue weighted by atomic mass is 35.5. The van der Waals surface area contributed by atoms with E-state index >= 15 is 0 Å². The first-order valence-corrected chi connectivity index (χ1v) is 7.18. The molecule has 0 amide bonds. The minimum absolute atomic E-state index is 0.409. The van der Waals surface area contributed by atoms with E-state index in [4.69, 9.17) is 11.6 Å². The molecule has 17 heavy (non-hydrogen) atoms. The minimum atomic E-state index is -0.409. The Morgan fingerprint density at radius 1 is 1.12 bits per heavy atom. The van der Waals surface area contributed by atoms with E-state index in [1.807, 2.05) is 0 Å². The number of hydrogen-bond donors (Lipinski definition) is 1. The van der Waals surface area contributed by atoms with Crippen LogP contribution in [0, 0.1) is 0 Å². The molecule has 1 aromatic carbocycles. The molecular weight excluding hydrogens is 232 g/mol. The van der Waals surface area contributed by atoms with E-state index in [0.717, 1.165) is 11.5 Å². The lowest BCUT2D eigenvalue weighted by Gasteiger charge is -2.22. The lowest BCUT2D eigenvalue weighted by atomic mass is 9.84. The molecule has 1 aliphatic carbocycles. The van der Waals surface area contributed by atoms with E-state index in [0.29, 0.717) is 12.3 Å². The normalized spacial score (nSPS) is 19.2. The second-order valence-electron chi connectivity index (χ2n) is 5.00. The molecule has 1 unspecified atom stereocenters. The summed E-state index contributed by atoms with van der Waals surface area (Å²) in [7, 11) is 0. The van der Waals surface area contributed by atoms with Gasteiger partial charge in [-0.25, -0.2) is 0 Å². The number of aliphatic hydroxyl groups is 1. The molecule has 94 valence electrons. The molecule has 0 bridgehead atoms. The van der Waals surface area contributed by atoms with Crippen LogP contribution in [0.2, 0.25) is 0 Å². The Labute approximate surface area is 109 Å². The first-order valence-electron chi connectivity index (χ1n) is 6.65. The fourth-order valence-electron chi connectivity index (χ4n) is 2.70. The van der Waals surface area contributed by atoms with Gasteiger partial charge in [0.25, 0.3) is 0 Å². The highest BCUT2D eigenvalue weighted by Crippen LogP contribution is 2.33. The summed E-state index contributed by atoms with van der Waals surface area (Å²) >= 11 is 5.64. The highest BCUT2D eigenvalue weighted by molar-refractivity contribution is 6.17. The number of aliphatic hydroxyl groups excluding tert-OH is 1. The Morgan fingerprint density at radius 2 is 1.76 bits per heavy atom. The van der Waals surface area contributed by atoms with Gasteiger partial charge < -0.3 is 5.11 Å². The van der Waals surface area contributed by atoms with Crippen molar-refractivity contribution in [1.82, 2.24) is 0 Å². The predicted molar refractivity (Wildman–Crippen MR) is 72.6 cm³/mol. The van der Waals surface area contributed by atoms with Gasteiger partial charge in [-0.3, -0.25) is 0 Å². The molecule has 0 heterocycles. The summed E-state index contributed by atoms with van der Waals surface area (Å²) in [4.78, 5) is 0. The maximum absolute atomic E-state index is 9.84. The Morgan fingerprint density at radius 3 is 2.35 bits per heavy atom. The fraction of sp³-hybridized carbons (Fsp3) is 0.600. The number of hydrogen-bond acceptors (Lipinski definition) is 1. The Hall–Kier alpha value is -0.530. The maximum Gasteiger partial charge on any atom is 0.0801 e. The lowest BCUT2D eigenvalue weighted by Crippen LogP contribution is -2.05. The van der Waals surface area contributed by atoms with Gasteiger partial charge in [0.2, 0.25) is 0 Å². The van der Waals surface area contributed by atoms with Crippen molar-refractivity contribution in [2.45, 2.75) is 50.5 Å². The zero-order valence-electron chi connectivity index (χ0n) is 10.2. The standard InChI is InChI=1S/C15H21ClO/c16-11-10-15(17)14-8-6-13(7-9-14)12-4-2-1-3-5-12/h6-9,12,15,17H,1-5,10-11H2. The molecule has 1 nitrogen and oxygen atoms in total. The average molecular weight is 253 g/mol. The topological polar surface area (TPSA) is 20.2 Å². The number of alkyl halides is 1. The molecule has 1 atom stereocenters. The van der Waals surface area contributed by atoms with Crippen molar-refractivity contribution < 1.29 is 5.11 Å². The molecule has 1 aromatic rings. The summed E-state index contributed by atoms with van der Waals surface area (Å²) < 4.78 is 0. The zero-order chi connectivity index (χ0) is 12.1. The largest absolute Gasteiger partial charge is 0.388 e. The van der Waals surface area contributed by atoms with Gasteiger partial charge in [0.1, 0.15) is 0 Å². The lowest BCUT2D eigenvalue weighted by molar-refractivity contribution is 0.174. The molecule has 1 N–H and O–H groups in total. The summed E-state index contributed by atoms with van der Waals surface area (Å²) in [5.74, 6) is 1.24. The molecule has 1 fully saturated rings. The van der Waals surface area contributed by atoms with Crippen LogP contribution < -0.4 is 0 Å². The highest BCUT2D eigenvalue weighted by Gasteiger charge is 2.15. The second kappa shape index (κ2) is 6.42. The third kappa shape index (κ3) is 3.46. The molecule has 2 heteroatoms. The van der Waals surface area contributed by atoms with Crippen molar-refractivity contribution in [3.63, 3.8) is 0 Å². The van der Waals surface area contributed by atoms with Crippen LogP contribution in [-0.2, 0) is 0 Å². The third-order valence-corrected chi connectivity index (χ3v) is 4.00. The van der Waals surface area contributed by atoms with Gasteiger partial charge in [-0.1, -0.05) is 43.5 Å². The quantitative estimate of drug-likeness (QED) is 0.788. The summed E-state index contributed by atoms with van der Waals surface area (Å²) in [6.07, 6.45) is 6.98. The molecule has 0 aromatic heterocycles. The second-order valence-corrected chi connectivity index (χ2v) is 5.37. The zero-order valence-corrected chi connectivity index (χ0v) is 11.0. The van der Waals surface area contributed by atoms with Gasteiger partial charge >= 0.3 is 0 Å². The van der Waals surface area contributed by atoms with Crippen LogP contribution >= 0.6 is 11.6 Å². The van der Waals surface area contributed by atoms with E-state index in [1.54, 1.807) is 0 Å². The van der Waals surface area contributed by atoms with Gasteiger partial charge in [-0.2, -0.15) is 0 Å². The van der Waals surface area contributed by atoms with Crippen molar-refractivity contribution in [3.05, 3.63) is 35.4 Å². The third-order valence-electron chi connectivity index (χ3n) is 3.78. The van der Waals surface area contributed by atoms with Gasteiger partial charge in [0.05, 0.1) is 6.10 Å². The molecule has 0 saturated heterocycles. The van der Waals surface area contributed by atoms with Crippen molar-refractivity contribution in [3.8, 4) is 0 Å². The van der Waals surface area contributed by atoms with Gasteiger partial charge in [0.15, 0.2) is 0 Å². The van der Waals surface area contributed by atoms with Crippen LogP contribution in [0.15, 0.2) is 24.3 Å². The predicted octanol–water partition coefficient (Wildman–Crippen LogP) is 4.40. The van der Waals surface area contributed by atoms with E-state index in [1.165, 1.54) is 37.7 Å². The first kappa shape index (κ1) is 12.9. The van der Waals surface area contributed by atoms with Crippen molar-refractivity contribution >= 4 is 11.6 Å². The average Bonchev–Trinajstić information content (AvgIpc) is 2.40. The van der Waals surface area contributed by atoms with E-state index in [-0.39, 0.29) is 0 Å². The van der Waals surface area contributed by atoms with Crippen molar-refractivity contribution in [1.29, 1.82) is 0 Å². The van der Waals surface area contributed by atoms with E-state index < -0.39 is 6.10 Å². The van der Waals surface area contributed by atoms with Crippen LogP contribution in [0.25, 0.3) is 0 Å². The SMILES string of the molecule is OC(CCCl)c1ccc(C2CCCCC2)cc1. The van der Waals surface area contributed by atoms with E-state index in [2.05, 4.69) is 24.3 Å². The van der Waals surface area contributed by atoms with Gasteiger partial charge in [-0.05, 0) is 36.3 Å². The molecule has 0 aliphatic heterocycles. The summed E-state index contributed by atoms with van der Waals surface area (Å²) in [5.41, 5.74) is 2.43. The Bertz CT molecular complexity index is 327. The molecule has 2 rings (SSSR count). The van der Waals surface area contributed by atoms with Crippen LogP contribution in [0.1, 0.15) is 61.7 Å². The van der Waals surface area contributed by atoms with Crippen LogP contribution in [0.5, 0.6) is 0 Å². The van der Waals surface area contributed by atoms with Crippen LogP contribution in [0.4, 0.5) is 0 Å². The maximum atomic E-state index is 9.84. The monoisotopic (exact) mass is 252 g/mol. The van der Waals surface area contributed by atoms with E-state index in [9.17, 15) is 5.11 Å². The molecule has 1 saturated carbocycles. The Balaban J connectivity index is 2.01. The summed E-state index contributed by atoms with van der Waals surface area (Å²) in [5, 5.41) is 9.84.